The molecule has 2 aliphatic rings. The lowest BCUT2D eigenvalue weighted by atomic mass is 9.97. The molecule has 22 nitrogen and oxygen atoms in total. The fraction of sp³-hybridized carbons (Fsp3) is 0.304. The van der Waals surface area contributed by atoms with Gasteiger partial charge >= 0.3 is 43.8 Å². The van der Waals surface area contributed by atoms with Crippen LogP contribution in [-0.4, -0.2) is 122 Å². The fourth-order valence-electron chi connectivity index (χ4n) is 9.60. The summed E-state index contributed by atoms with van der Waals surface area (Å²) in [5.74, 6) is -4.87. The number of hydrogen-bond acceptors (Lipinski definition) is 21. The standard InChI is InChI=1S/C69H70NO21P/c1-44-25-31-52(32-26-44)63(73)88-58-56(37-71)86-68(61(90-65(75)54-35-29-46(3)30-36-54)60(58)89-64(74)53-33-27-45(2)28-34-53)87-57-43-81-67(80-42-55(66(76)79-38-48-17-9-5-10-18-48)70-69(77)82-39-49-19-11-6-12-20-49)62(59(57)85-47(4)72)91-92(78,83-40-50-21-13-7-14-22-50)84-41-51-23-15-8-16-24-51/h5-36,55-62,67-68,71H,37-43H2,1-4H3,(H,70,77)/t55-,56+,57+,58-,59-,60-,61+,62+,67+,68-/m0/s1. The predicted octanol–water partition coefficient (Wildman–Crippen LogP) is 9.96. The van der Waals surface area contributed by atoms with E-state index in [2.05, 4.69) is 5.32 Å². The van der Waals surface area contributed by atoms with Crippen LogP contribution >= 0.6 is 7.82 Å². The molecule has 7 aromatic rings. The molecule has 0 aliphatic carbocycles. The zero-order chi connectivity index (χ0) is 65.0. The Morgan fingerprint density at radius 3 is 1.38 bits per heavy atom. The van der Waals surface area contributed by atoms with Crippen LogP contribution in [0.2, 0.25) is 0 Å². The van der Waals surface area contributed by atoms with Crippen LogP contribution in [-0.2, 0) is 102 Å². The van der Waals surface area contributed by atoms with Crippen LogP contribution in [0.25, 0.3) is 0 Å². The summed E-state index contributed by atoms with van der Waals surface area (Å²) in [7, 11) is -5.00. The number of phosphoric ester groups is 1. The zero-order valence-corrected chi connectivity index (χ0v) is 51.7. The number of carbonyl (C=O) groups is 6. The van der Waals surface area contributed by atoms with Crippen molar-refractivity contribution in [3.63, 3.8) is 0 Å². The summed E-state index contributed by atoms with van der Waals surface area (Å²) in [5.41, 5.74) is 4.88. The zero-order valence-electron chi connectivity index (χ0n) is 50.8. The highest BCUT2D eigenvalue weighted by Gasteiger charge is 2.57. The predicted molar refractivity (Wildman–Crippen MR) is 328 cm³/mol. The van der Waals surface area contributed by atoms with E-state index in [0.29, 0.717) is 22.3 Å². The number of ether oxygens (including phenoxy) is 10. The van der Waals surface area contributed by atoms with E-state index in [-0.39, 0.29) is 43.1 Å². The molecule has 0 spiro atoms. The minimum Gasteiger partial charge on any atom is -0.459 e. The lowest BCUT2D eigenvalue weighted by Gasteiger charge is -2.47. The van der Waals surface area contributed by atoms with E-state index < -0.39 is 125 Å². The van der Waals surface area contributed by atoms with E-state index >= 15 is 4.57 Å². The molecule has 0 bridgehead atoms. The van der Waals surface area contributed by atoms with Crippen LogP contribution in [0.5, 0.6) is 0 Å². The molecule has 0 radical (unpaired) electrons. The maximum Gasteiger partial charge on any atom is 0.476 e. The van der Waals surface area contributed by atoms with Gasteiger partial charge in [-0.1, -0.05) is 174 Å². The van der Waals surface area contributed by atoms with Crippen LogP contribution in [0.1, 0.15) is 76.9 Å². The molecule has 0 unspecified atom stereocenters. The molecule has 1 amide bonds. The fourth-order valence-corrected chi connectivity index (χ4v) is 10.9. The smallest absolute Gasteiger partial charge is 0.459 e. The van der Waals surface area contributed by atoms with Crippen LogP contribution in [0.4, 0.5) is 4.79 Å². The first-order valence-electron chi connectivity index (χ1n) is 29.5. The number of aryl methyl sites for hydroxylation is 3. The maximum absolute atomic E-state index is 15.5. The second-order valence-electron chi connectivity index (χ2n) is 21.6. The van der Waals surface area contributed by atoms with Crippen LogP contribution in [0.15, 0.2) is 194 Å². The molecule has 2 aliphatic heterocycles. The van der Waals surface area contributed by atoms with Gasteiger partial charge in [-0.15, -0.1) is 0 Å². The Morgan fingerprint density at radius 2 is 0.935 bits per heavy atom. The second-order valence-corrected chi connectivity index (χ2v) is 23.2. The van der Waals surface area contributed by atoms with Gasteiger partial charge in [0.2, 0.25) is 0 Å². The summed E-state index contributed by atoms with van der Waals surface area (Å²) in [4.78, 5) is 84.3. The number of carbonyl (C=O) groups excluding carboxylic acids is 6. The van der Waals surface area contributed by atoms with E-state index in [1.807, 2.05) is 13.8 Å². The topological polar surface area (TPSA) is 272 Å². The van der Waals surface area contributed by atoms with Crippen molar-refractivity contribution in [1.82, 2.24) is 5.32 Å². The third kappa shape index (κ3) is 19.3. The molecule has 2 fully saturated rings. The van der Waals surface area contributed by atoms with E-state index in [1.165, 1.54) is 36.4 Å². The molecule has 2 saturated heterocycles. The third-order valence-electron chi connectivity index (χ3n) is 14.5. The number of aliphatic hydroxyl groups excluding tert-OH is 1. The number of nitrogens with one attached hydrogen (secondary N) is 1. The Hall–Kier alpha value is -8.93. The lowest BCUT2D eigenvalue weighted by Crippen LogP contribution is -2.65. The Kier molecular flexibility index (Phi) is 24.1. The highest BCUT2D eigenvalue weighted by atomic mass is 31.2. The average molecular weight is 1280 g/mol. The summed E-state index contributed by atoms with van der Waals surface area (Å²) in [6.07, 6.45) is -17.5. The Bertz CT molecular complexity index is 3540. The highest BCUT2D eigenvalue weighted by molar-refractivity contribution is 7.48. The number of phosphoric acid groups is 1. The normalized spacial score (nSPS) is 20.7. The molecule has 10 atom stereocenters. The molecule has 7 aromatic carbocycles. The largest absolute Gasteiger partial charge is 0.476 e. The molecule has 23 heteroatoms. The number of hydrogen-bond donors (Lipinski definition) is 2. The van der Waals surface area contributed by atoms with Gasteiger partial charge in [0.25, 0.3) is 0 Å². The molecule has 0 aromatic heterocycles. The van der Waals surface area contributed by atoms with Crippen molar-refractivity contribution in [3.8, 4) is 0 Å². The van der Waals surface area contributed by atoms with E-state index in [1.54, 1.807) is 165 Å². The van der Waals surface area contributed by atoms with E-state index in [4.69, 9.17) is 60.9 Å². The number of aliphatic hydroxyl groups is 1. The van der Waals surface area contributed by atoms with Crippen molar-refractivity contribution < 1.29 is 99.4 Å². The monoisotopic (exact) mass is 1280 g/mol. The quantitative estimate of drug-likeness (QED) is 0.0275. The van der Waals surface area contributed by atoms with Crippen molar-refractivity contribution in [2.45, 2.75) is 115 Å². The minimum absolute atomic E-state index is 0.0191. The summed E-state index contributed by atoms with van der Waals surface area (Å²) in [5, 5.41) is 13.7. The molecule has 2 heterocycles. The van der Waals surface area contributed by atoms with Crippen LogP contribution in [0, 0.1) is 20.8 Å². The van der Waals surface area contributed by atoms with Crippen LogP contribution in [0.3, 0.4) is 0 Å². The van der Waals surface area contributed by atoms with E-state index in [0.717, 1.165) is 23.6 Å². The molecular weight excluding hydrogens is 1210 g/mol. The van der Waals surface area contributed by atoms with Gasteiger partial charge in [-0.25, -0.2) is 28.5 Å². The first kappa shape index (κ1) is 67.5. The third-order valence-corrected chi connectivity index (χ3v) is 15.9. The lowest BCUT2D eigenvalue weighted by molar-refractivity contribution is -0.341. The van der Waals surface area contributed by atoms with Gasteiger partial charge < -0.3 is 57.8 Å². The molecule has 2 N–H and O–H groups in total. The Balaban J connectivity index is 1.10. The van der Waals surface area contributed by atoms with Gasteiger partial charge in [0.1, 0.15) is 25.4 Å². The number of alkyl carbamates (subject to hydrolysis) is 1. The van der Waals surface area contributed by atoms with Crippen LogP contribution < -0.4 is 5.32 Å². The Morgan fingerprint density at radius 1 is 0.511 bits per heavy atom. The van der Waals surface area contributed by atoms with Crippen molar-refractivity contribution in [3.05, 3.63) is 250 Å². The summed E-state index contributed by atoms with van der Waals surface area (Å²) >= 11 is 0. The summed E-state index contributed by atoms with van der Waals surface area (Å²) in [6, 6.07) is 52.0. The first-order chi connectivity index (χ1) is 44.5. The van der Waals surface area contributed by atoms with Gasteiger partial charge in [0, 0.05) is 6.92 Å². The van der Waals surface area contributed by atoms with Crippen molar-refractivity contribution in [2.75, 3.05) is 19.8 Å². The number of rotatable bonds is 27. The average Bonchev–Trinajstić information content (AvgIpc) is 0.791. The van der Waals surface area contributed by atoms with Crippen molar-refractivity contribution in [2.24, 2.45) is 0 Å². The van der Waals surface area contributed by atoms with Gasteiger partial charge in [-0.05, 0) is 79.4 Å². The van der Waals surface area contributed by atoms with Crippen molar-refractivity contribution in [1.29, 1.82) is 0 Å². The van der Waals surface area contributed by atoms with Gasteiger partial charge in [0.15, 0.2) is 49.1 Å². The van der Waals surface area contributed by atoms with E-state index in [9.17, 15) is 33.9 Å². The molecule has 9 rings (SSSR count). The highest BCUT2D eigenvalue weighted by Crippen LogP contribution is 2.54. The van der Waals surface area contributed by atoms with Gasteiger partial charge in [0.05, 0.1) is 49.7 Å². The number of benzene rings is 7. The number of amides is 1. The van der Waals surface area contributed by atoms with Gasteiger partial charge in [-0.3, -0.25) is 18.4 Å². The number of esters is 5. The maximum atomic E-state index is 15.5. The van der Waals surface area contributed by atoms with Crippen molar-refractivity contribution >= 4 is 43.8 Å². The summed E-state index contributed by atoms with van der Waals surface area (Å²) < 4.78 is 95.8. The minimum atomic E-state index is -5.00. The summed E-state index contributed by atoms with van der Waals surface area (Å²) in [6.45, 7) is 2.99. The molecule has 92 heavy (non-hydrogen) atoms. The second kappa shape index (κ2) is 32.9. The Labute approximate surface area is 531 Å². The molecule has 0 saturated carbocycles. The SMILES string of the molecule is CC(=O)O[C@@H]1[C@@H](OP(=O)(OCc2ccccc2)OCc2ccccc2)[C@H](OC[C@H](NC(=O)OCc2ccccc2)C(=O)OCc2ccccc2)OC[C@H]1O[C@@H]1O[C@H](CO)[C@H](OC(=O)c2ccc(C)cc2)[C@H](OC(=O)c2ccc(C)cc2)[C@H]1OC(=O)c1ccc(C)cc1. The van der Waals surface area contributed by atoms with Gasteiger partial charge in [-0.2, -0.15) is 0 Å². The first-order valence-corrected chi connectivity index (χ1v) is 30.9. The molecular formula is C69H70NO21P. The molecule has 482 valence electrons.